The second kappa shape index (κ2) is 5.50. The lowest BCUT2D eigenvalue weighted by Gasteiger charge is -2.08. The van der Waals surface area contributed by atoms with E-state index >= 15 is 0 Å². The number of rotatable bonds is 2. The summed E-state index contributed by atoms with van der Waals surface area (Å²) in [7, 11) is 0. The van der Waals surface area contributed by atoms with Crippen molar-refractivity contribution in [1.29, 1.82) is 0 Å². The minimum atomic E-state index is -0.371. The number of pyridine rings is 1. The summed E-state index contributed by atoms with van der Waals surface area (Å²) < 4.78 is 0. The minimum Gasteiger partial charge on any atom is -0.508 e. The van der Waals surface area contributed by atoms with Crippen LogP contribution in [0.4, 0.5) is 16.2 Å². The highest BCUT2D eigenvalue weighted by Gasteiger charge is 2.04. The van der Waals surface area contributed by atoms with Crippen molar-refractivity contribution >= 4 is 28.3 Å². The van der Waals surface area contributed by atoms with Crippen molar-refractivity contribution in [3.05, 3.63) is 60.8 Å². The van der Waals surface area contributed by atoms with Gasteiger partial charge in [-0.2, -0.15) is 0 Å². The molecule has 104 valence electrons. The molecule has 3 aromatic rings. The number of carbonyl (C=O) groups is 1. The first-order valence-corrected chi connectivity index (χ1v) is 6.42. The molecule has 0 aliphatic rings. The van der Waals surface area contributed by atoms with Gasteiger partial charge in [-0.25, -0.2) is 4.79 Å². The minimum absolute atomic E-state index is 0.101. The van der Waals surface area contributed by atoms with Crippen LogP contribution in [-0.2, 0) is 0 Å². The van der Waals surface area contributed by atoms with E-state index in [1.54, 1.807) is 30.5 Å². The smallest absolute Gasteiger partial charge is 0.323 e. The molecule has 1 heterocycles. The first-order chi connectivity index (χ1) is 10.2. The highest BCUT2D eigenvalue weighted by atomic mass is 16.3. The number of anilines is 2. The molecule has 0 bridgehead atoms. The summed E-state index contributed by atoms with van der Waals surface area (Å²) >= 11 is 0. The zero-order chi connectivity index (χ0) is 14.7. The fourth-order valence-electron chi connectivity index (χ4n) is 2.03. The Balaban J connectivity index is 1.74. The molecule has 0 radical (unpaired) electrons. The van der Waals surface area contributed by atoms with E-state index in [1.165, 1.54) is 6.07 Å². The van der Waals surface area contributed by atoms with Crippen LogP contribution in [0, 0.1) is 0 Å². The molecule has 1 aromatic heterocycles. The fraction of sp³-hybridized carbons (Fsp3) is 0. The molecular formula is C16H13N3O2. The second-order valence-corrected chi connectivity index (χ2v) is 4.54. The number of urea groups is 1. The quantitative estimate of drug-likeness (QED) is 0.671. The molecule has 2 amide bonds. The van der Waals surface area contributed by atoms with Crippen molar-refractivity contribution in [3.8, 4) is 5.75 Å². The number of aromatic nitrogens is 1. The van der Waals surface area contributed by atoms with Crippen molar-refractivity contribution in [3.63, 3.8) is 0 Å². The summed E-state index contributed by atoms with van der Waals surface area (Å²) in [6.45, 7) is 0. The van der Waals surface area contributed by atoms with Gasteiger partial charge in [-0.05, 0) is 36.4 Å². The van der Waals surface area contributed by atoms with Gasteiger partial charge in [-0.15, -0.1) is 0 Å². The van der Waals surface area contributed by atoms with Crippen LogP contribution < -0.4 is 10.6 Å². The third-order valence-electron chi connectivity index (χ3n) is 2.96. The number of hydrogen-bond acceptors (Lipinski definition) is 3. The topological polar surface area (TPSA) is 74.2 Å². The standard InChI is InChI=1S/C16H13N3O2/c20-14-5-1-4-12(10-14)18-16(21)19-13-6-7-15-11(9-13)3-2-8-17-15/h1-10,20H,(H2,18,19,21). The van der Waals surface area contributed by atoms with Crippen LogP contribution >= 0.6 is 0 Å². The van der Waals surface area contributed by atoms with Crippen molar-refractivity contribution in [2.24, 2.45) is 0 Å². The molecular weight excluding hydrogens is 266 g/mol. The van der Waals surface area contributed by atoms with Crippen LogP contribution in [0.25, 0.3) is 10.9 Å². The Morgan fingerprint density at radius 2 is 1.76 bits per heavy atom. The van der Waals surface area contributed by atoms with E-state index in [2.05, 4.69) is 15.6 Å². The molecule has 0 unspecified atom stereocenters. The van der Waals surface area contributed by atoms with Crippen LogP contribution in [0.15, 0.2) is 60.8 Å². The van der Waals surface area contributed by atoms with Gasteiger partial charge >= 0.3 is 6.03 Å². The number of fused-ring (bicyclic) bond motifs is 1. The summed E-state index contributed by atoms with van der Waals surface area (Å²) in [6, 6.07) is 15.3. The Kier molecular flexibility index (Phi) is 3.39. The Morgan fingerprint density at radius 1 is 0.952 bits per heavy atom. The van der Waals surface area contributed by atoms with Gasteiger partial charge < -0.3 is 15.7 Å². The predicted octanol–water partition coefficient (Wildman–Crippen LogP) is 3.58. The molecule has 0 atom stereocenters. The highest BCUT2D eigenvalue weighted by Crippen LogP contribution is 2.18. The lowest BCUT2D eigenvalue weighted by molar-refractivity contribution is 0.262. The summed E-state index contributed by atoms with van der Waals surface area (Å²) in [4.78, 5) is 16.1. The molecule has 0 spiro atoms. The average molecular weight is 279 g/mol. The van der Waals surface area contributed by atoms with E-state index in [9.17, 15) is 9.90 Å². The molecule has 0 saturated carbocycles. The van der Waals surface area contributed by atoms with Gasteiger partial charge in [0.05, 0.1) is 5.52 Å². The Morgan fingerprint density at radius 3 is 2.57 bits per heavy atom. The normalized spacial score (nSPS) is 10.3. The SMILES string of the molecule is O=C(Nc1cccc(O)c1)Nc1ccc2ncccc2c1. The lowest BCUT2D eigenvalue weighted by Crippen LogP contribution is -2.19. The number of aromatic hydroxyl groups is 1. The maximum atomic E-state index is 11.9. The Bertz CT molecular complexity index is 802. The molecule has 0 aliphatic carbocycles. The molecule has 0 saturated heterocycles. The number of amides is 2. The average Bonchev–Trinajstić information content (AvgIpc) is 2.47. The second-order valence-electron chi connectivity index (χ2n) is 4.54. The molecule has 0 fully saturated rings. The molecule has 3 N–H and O–H groups in total. The Labute approximate surface area is 121 Å². The van der Waals surface area contributed by atoms with Crippen LogP contribution in [0.1, 0.15) is 0 Å². The van der Waals surface area contributed by atoms with Gasteiger partial charge in [-0.1, -0.05) is 12.1 Å². The number of phenolic OH excluding ortho intramolecular Hbond substituents is 1. The zero-order valence-electron chi connectivity index (χ0n) is 11.1. The third kappa shape index (κ3) is 3.09. The maximum Gasteiger partial charge on any atom is 0.323 e. The van der Waals surface area contributed by atoms with E-state index in [0.717, 1.165) is 10.9 Å². The van der Waals surface area contributed by atoms with Gasteiger partial charge in [-0.3, -0.25) is 4.98 Å². The predicted molar refractivity (Wildman–Crippen MR) is 82.5 cm³/mol. The van der Waals surface area contributed by atoms with Crippen LogP contribution in [0.2, 0.25) is 0 Å². The van der Waals surface area contributed by atoms with Gasteiger partial charge in [0.15, 0.2) is 0 Å². The van der Waals surface area contributed by atoms with Gasteiger partial charge in [0.1, 0.15) is 5.75 Å². The summed E-state index contributed by atoms with van der Waals surface area (Å²) in [5.74, 6) is 0.101. The number of benzene rings is 2. The largest absolute Gasteiger partial charge is 0.508 e. The lowest BCUT2D eigenvalue weighted by atomic mass is 10.2. The van der Waals surface area contributed by atoms with Gasteiger partial charge in [0, 0.05) is 29.0 Å². The summed E-state index contributed by atoms with van der Waals surface area (Å²) in [5.41, 5.74) is 2.07. The first kappa shape index (κ1) is 12.9. The molecule has 0 aliphatic heterocycles. The number of hydrogen-bond donors (Lipinski definition) is 3. The van der Waals surface area contributed by atoms with Crippen molar-refractivity contribution in [2.45, 2.75) is 0 Å². The summed E-state index contributed by atoms with van der Waals surface area (Å²) in [6.07, 6.45) is 1.73. The maximum absolute atomic E-state index is 11.9. The van der Waals surface area contributed by atoms with Gasteiger partial charge in [0.25, 0.3) is 0 Å². The third-order valence-corrected chi connectivity index (χ3v) is 2.96. The van der Waals surface area contributed by atoms with Crippen molar-refractivity contribution < 1.29 is 9.90 Å². The summed E-state index contributed by atoms with van der Waals surface area (Å²) in [5, 5.41) is 15.7. The molecule has 2 aromatic carbocycles. The molecule has 21 heavy (non-hydrogen) atoms. The number of nitrogens with zero attached hydrogens (tertiary/aromatic N) is 1. The van der Waals surface area contributed by atoms with Crippen LogP contribution in [-0.4, -0.2) is 16.1 Å². The molecule has 3 rings (SSSR count). The van der Waals surface area contributed by atoms with E-state index < -0.39 is 0 Å². The monoisotopic (exact) mass is 279 g/mol. The van der Waals surface area contributed by atoms with E-state index in [1.807, 2.05) is 24.3 Å². The van der Waals surface area contributed by atoms with Gasteiger partial charge in [0.2, 0.25) is 0 Å². The number of carbonyl (C=O) groups excluding carboxylic acids is 1. The van der Waals surface area contributed by atoms with E-state index in [4.69, 9.17) is 0 Å². The molecule has 5 nitrogen and oxygen atoms in total. The van der Waals surface area contributed by atoms with Crippen molar-refractivity contribution in [1.82, 2.24) is 4.98 Å². The number of nitrogens with one attached hydrogen (secondary N) is 2. The van der Waals surface area contributed by atoms with E-state index in [-0.39, 0.29) is 11.8 Å². The van der Waals surface area contributed by atoms with Crippen LogP contribution in [0.3, 0.4) is 0 Å². The zero-order valence-corrected chi connectivity index (χ0v) is 11.1. The van der Waals surface area contributed by atoms with Crippen molar-refractivity contribution in [2.75, 3.05) is 10.6 Å². The fourth-order valence-corrected chi connectivity index (χ4v) is 2.03. The van der Waals surface area contributed by atoms with Crippen LogP contribution in [0.5, 0.6) is 5.75 Å². The first-order valence-electron chi connectivity index (χ1n) is 6.42. The molecule has 5 heteroatoms. The Hall–Kier alpha value is -3.08. The highest BCUT2D eigenvalue weighted by molar-refractivity contribution is 6.01. The number of phenols is 1. The van der Waals surface area contributed by atoms with E-state index in [0.29, 0.717) is 11.4 Å².